The van der Waals surface area contributed by atoms with Crippen LogP contribution in [0.15, 0.2) is 0 Å². The van der Waals surface area contributed by atoms with Gasteiger partial charge in [0.25, 0.3) is 0 Å². The molecular weight excluding hydrogens is 275 g/mol. The van der Waals surface area contributed by atoms with Crippen molar-refractivity contribution in [3.63, 3.8) is 0 Å². The molecule has 1 nitrogen and oxygen atoms in total. The van der Waals surface area contributed by atoms with E-state index < -0.39 is 12.1 Å². The van der Waals surface area contributed by atoms with Crippen LogP contribution in [-0.4, -0.2) is 19.3 Å². The van der Waals surface area contributed by atoms with Crippen molar-refractivity contribution in [2.75, 3.05) is 7.05 Å². The lowest BCUT2D eigenvalue weighted by Crippen LogP contribution is -2.45. The van der Waals surface area contributed by atoms with Crippen LogP contribution < -0.4 is 5.32 Å². The van der Waals surface area contributed by atoms with Crippen molar-refractivity contribution >= 4 is 0 Å². The minimum atomic E-state index is -4.00. The summed E-state index contributed by atoms with van der Waals surface area (Å²) in [5.74, 6) is 0.556. The molecule has 0 spiro atoms. The van der Waals surface area contributed by atoms with Gasteiger partial charge in [0.15, 0.2) is 0 Å². The van der Waals surface area contributed by atoms with Gasteiger partial charge >= 0.3 is 6.18 Å². The molecule has 2 fully saturated rings. The highest BCUT2D eigenvalue weighted by Crippen LogP contribution is 2.44. The number of nitrogens with one attached hydrogen (secondary N) is 1. The van der Waals surface area contributed by atoms with Gasteiger partial charge in [0.2, 0.25) is 0 Å². The zero-order chi connectivity index (χ0) is 15.5. The highest BCUT2D eigenvalue weighted by Gasteiger charge is 2.44. The maximum absolute atomic E-state index is 13.0. The first-order valence-electron chi connectivity index (χ1n) is 8.69. The van der Waals surface area contributed by atoms with E-state index >= 15 is 0 Å². The lowest BCUT2D eigenvalue weighted by molar-refractivity contribution is -0.187. The molecule has 0 aromatic heterocycles. The second-order valence-electron chi connectivity index (χ2n) is 7.17. The van der Waals surface area contributed by atoms with Gasteiger partial charge in [-0.3, -0.25) is 0 Å². The van der Waals surface area contributed by atoms with Gasteiger partial charge in [0, 0.05) is 6.04 Å². The fraction of sp³-hybridized carbons (Fsp3) is 1.00. The van der Waals surface area contributed by atoms with Crippen molar-refractivity contribution in [1.82, 2.24) is 5.32 Å². The van der Waals surface area contributed by atoms with Crippen LogP contribution in [0.25, 0.3) is 0 Å². The summed E-state index contributed by atoms with van der Waals surface area (Å²) in [6.45, 7) is 2.25. The Hall–Kier alpha value is -0.250. The highest BCUT2D eigenvalue weighted by atomic mass is 19.4. The summed E-state index contributed by atoms with van der Waals surface area (Å²) in [5.41, 5.74) is 0. The van der Waals surface area contributed by atoms with Gasteiger partial charge in [0.05, 0.1) is 5.92 Å². The molecule has 21 heavy (non-hydrogen) atoms. The van der Waals surface area contributed by atoms with Crippen LogP contribution in [0.4, 0.5) is 13.2 Å². The summed E-state index contributed by atoms with van der Waals surface area (Å²) >= 11 is 0. The molecule has 0 saturated heterocycles. The predicted molar refractivity (Wildman–Crippen MR) is 80.1 cm³/mol. The predicted octanol–water partition coefficient (Wildman–Crippen LogP) is 5.16. The van der Waals surface area contributed by atoms with E-state index in [4.69, 9.17) is 0 Å². The van der Waals surface area contributed by atoms with E-state index in [1.807, 2.05) is 7.05 Å². The largest absolute Gasteiger partial charge is 0.391 e. The first kappa shape index (κ1) is 17.1. The summed E-state index contributed by atoms with van der Waals surface area (Å²) in [7, 11) is 1.94. The average Bonchev–Trinajstić information content (AvgIpc) is 2.48. The Morgan fingerprint density at radius 3 is 2.19 bits per heavy atom. The summed E-state index contributed by atoms with van der Waals surface area (Å²) in [5, 5.41) is 3.38. The van der Waals surface area contributed by atoms with E-state index in [2.05, 4.69) is 12.2 Å². The molecule has 0 heterocycles. The molecule has 0 aromatic carbocycles. The monoisotopic (exact) mass is 305 g/mol. The molecule has 2 aliphatic carbocycles. The third kappa shape index (κ3) is 4.37. The van der Waals surface area contributed by atoms with Gasteiger partial charge < -0.3 is 5.32 Å². The van der Waals surface area contributed by atoms with Crippen LogP contribution in [0, 0.1) is 23.7 Å². The summed E-state index contributed by atoms with van der Waals surface area (Å²) < 4.78 is 39.0. The molecule has 2 saturated carbocycles. The van der Waals surface area contributed by atoms with E-state index in [1.165, 1.54) is 32.1 Å². The Kier molecular flexibility index (Phi) is 5.98. The summed E-state index contributed by atoms with van der Waals surface area (Å²) in [6.07, 6.45) is 4.51. The highest BCUT2D eigenvalue weighted by molar-refractivity contribution is 4.90. The van der Waals surface area contributed by atoms with Crippen LogP contribution in [-0.2, 0) is 0 Å². The molecule has 0 amide bonds. The van der Waals surface area contributed by atoms with E-state index in [1.54, 1.807) is 0 Å². The molecular formula is C17H30F3N. The Morgan fingerprint density at radius 1 is 1.00 bits per heavy atom. The topological polar surface area (TPSA) is 12.0 Å². The van der Waals surface area contributed by atoms with Crippen LogP contribution in [0.2, 0.25) is 0 Å². The maximum Gasteiger partial charge on any atom is 0.391 e. The van der Waals surface area contributed by atoms with Crippen molar-refractivity contribution in [2.24, 2.45) is 23.7 Å². The Morgan fingerprint density at radius 2 is 1.67 bits per heavy atom. The second kappa shape index (κ2) is 7.34. The SMILES string of the molecule is CCC1CCC(C(NC)C2CCCC(C(F)(F)F)C2)CC1. The molecule has 124 valence electrons. The quantitative estimate of drug-likeness (QED) is 0.756. The van der Waals surface area contributed by atoms with Gasteiger partial charge in [-0.25, -0.2) is 0 Å². The number of alkyl halides is 3. The average molecular weight is 305 g/mol. The molecule has 4 heteroatoms. The summed E-state index contributed by atoms with van der Waals surface area (Å²) in [6, 6.07) is 0.285. The Bertz CT molecular complexity index is 308. The third-order valence-corrected chi connectivity index (χ3v) is 6.00. The van der Waals surface area contributed by atoms with Gasteiger partial charge in [-0.1, -0.05) is 32.6 Å². The van der Waals surface area contributed by atoms with Crippen molar-refractivity contribution in [2.45, 2.75) is 76.9 Å². The van der Waals surface area contributed by atoms with Gasteiger partial charge in [-0.2, -0.15) is 13.2 Å². The van der Waals surface area contributed by atoms with Crippen LogP contribution in [0.3, 0.4) is 0 Å². The third-order valence-electron chi connectivity index (χ3n) is 6.00. The molecule has 0 radical (unpaired) electrons. The number of halogens is 3. The molecule has 3 atom stereocenters. The smallest absolute Gasteiger partial charge is 0.316 e. The first-order chi connectivity index (χ1) is 9.95. The van der Waals surface area contributed by atoms with E-state index in [-0.39, 0.29) is 12.0 Å². The van der Waals surface area contributed by atoms with E-state index in [0.717, 1.165) is 18.8 Å². The maximum atomic E-state index is 13.0. The zero-order valence-electron chi connectivity index (χ0n) is 13.4. The minimum absolute atomic E-state index is 0.207. The molecule has 2 rings (SSSR count). The van der Waals surface area contributed by atoms with Gasteiger partial charge in [0.1, 0.15) is 0 Å². The lowest BCUT2D eigenvalue weighted by atomic mass is 9.69. The second-order valence-corrected chi connectivity index (χ2v) is 7.17. The summed E-state index contributed by atoms with van der Waals surface area (Å²) in [4.78, 5) is 0. The van der Waals surface area contributed by atoms with Crippen molar-refractivity contribution in [3.8, 4) is 0 Å². The van der Waals surface area contributed by atoms with Crippen molar-refractivity contribution in [3.05, 3.63) is 0 Å². The molecule has 2 aliphatic rings. The lowest BCUT2D eigenvalue weighted by Gasteiger charge is -2.41. The fourth-order valence-corrected chi connectivity index (χ4v) is 4.66. The van der Waals surface area contributed by atoms with Crippen molar-refractivity contribution in [1.29, 1.82) is 0 Å². The first-order valence-corrected chi connectivity index (χ1v) is 8.69. The molecule has 0 aromatic rings. The number of rotatable bonds is 4. The standard InChI is InChI=1S/C17H30F3N/c1-3-12-7-9-13(10-8-12)16(21-2)14-5-4-6-15(11-14)17(18,19)20/h12-16,21H,3-11H2,1-2H3. The molecule has 0 bridgehead atoms. The van der Waals surface area contributed by atoms with Gasteiger partial charge in [-0.15, -0.1) is 0 Å². The van der Waals surface area contributed by atoms with Crippen LogP contribution >= 0.6 is 0 Å². The van der Waals surface area contributed by atoms with E-state index in [9.17, 15) is 13.2 Å². The number of hydrogen-bond donors (Lipinski definition) is 1. The van der Waals surface area contributed by atoms with Crippen LogP contribution in [0.5, 0.6) is 0 Å². The Balaban J connectivity index is 1.94. The van der Waals surface area contributed by atoms with E-state index in [0.29, 0.717) is 18.8 Å². The van der Waals surface area contributed by atoms with Crippen molar-refractivity contribution < 1.29 is 13.2 Å². The van der Waals surface area contributed by atoms with Crippen LogP contribution in [0.1, 0.15) is 64.7 Å². The minimum Gasteiger partial charge on any atom is -0.316 e. The molecule has 1 N–H and O–H groups in total. The molecule has 0 aliphatic heterocycles. The molecule has 3 unspecified atom stereocenters. The zero-order valence-corrected chi connectivity index (χ0v) is 13.4. The number of hydrogen-bond acceptors (Lipinski definition) is 1. The fourth-order valence-electron chi connectivity index (χ4n) is 4.66. The normalized spacial score (nSPS) is 36.4. The Labute approximate surface area is 127 Å². The van der Waals surface area contributed by atoms with Gasteiger partial charge in [-0.05, 0) is 56.9 Å².